The summed E-state index contributed by atoms with van der Waals surface area (Å²) in [6, 6.07) is 2.28. The molecule has 0 spiro atoms. The van der Waals surface area contributed by atoms with E-state index in [1.165, 1.54) is 14.0 Å². The Morgan fingerprint density at radius 2 is 2.00 bits per heavy atom. The van der Waals surface area contributed by atoms with E-state index >= 15 is 0 Å². The number of aromatic carboxylic acids is 1. The normalized spacial score (nSPS) is 13.2. The summed E-state index contributed by atoms with van der Waals surface area (Å²) in [6.07, 6.45) is 0.268. The van der Waals surface area contributed by atoms with Gasteiger partial charge in [-0.1, -0.05) is 23.2 Å². The molecule has 0 saturated heterocycles. The first-order valence-electron chi connectivity index (χ1n) is 5.67. The first kappa shape index (κ1) is 17.2. The summed E-state index contributed by atoms with van der Waals surface area (Å²) < 4.78 is 29.6. The number of carboxylic acids is 1. The molecule has 112 valence electrons. The Hall–Kier alpha value is -0.820. The smallest absolute Gasteiger partial charge is 0.337 e. The molecule has 0 aliphatic carbocycles. The fraction of sp³-hybridized carbons (Fsp3) is 0.417. The summed E-state index contributed by atoms with van der Waals surface area (Å²) in [5, 5.41) is 7.91. The second-order valence-corrected chi connectivity index (χ2v) is 7.36. The van der Waals surface area contributed by atoms with Crippen molar-refractivity contribution in [3.63, 3.8) is 0 Å². The van der Waals surface area contributed by atoms with Crippen LogP contribution in [-0.4, -0.2) is 38.5 Å². The summed E-state index contributed by atoms with van der Waals surface area (Å²) in [4.78, 5) is 10.8. The van der Waals surface area contributed by atoms with Crippen molar-refractivity contribution in [1.29, 1.82) is 0 Å². The molecule has 0 aromatic heterocycles. The van der Waals surface area contributed by atoms with Crippen LogP contribution in [0.15, 0.2) is 17.0 Å². The number of carbonyl (C=O) groups is 1. The van der Waals surface area contributed by atoms with Crippen LogP contribution >= 0.6 is 23.2 Å². The number of hydrogen-bond donors (Lipinski definition) is 1. The second kappa shape index (κ2) is 6.76. The highest BCUT2D eigenvalue weighted by Gasteiger charge is 2.28. The van der Waals surface area contributed by atoms with Gasteiger partial charge in [0.2, 0.25) is 0 Å². The van der Waals surface area contributed by atoms with Gasteiger partial charge in [-0.2, -0.15) is 0 Å². The Balaban J connectivity index is 3.35. The predicted molar refractivity (Wildman–Crippen MR) is 76.6 cm³/mol. The summed E-state index contributed by atoms with van der Waals surface area (Å²) in [5.74, 6) is -1.33. The summed E-state index contributed by atoms with van der Waals surface area (Å²) in [6.45, 7) is 1.77. The molecule has 0 aliphatic rings. The van der Waals surface area contributed by atoms with Crippen molar-refractivity contribution in [1.82, 2.24) is 0 Å². The van der Waals surface area contributed by atoms with Gasteiger partial charge in [0, 0.05) is 18.7 Å². The van der Waals surface area contributed by atoms with E-state index < -0.39 is 21.1 Å². The summed E-state index contributed by atoms with van der Waals surface area (Å²) in [7, 11) is -2.31. The molecule has 0 radical (unpaired) electrons. The fourth-order valence-electron chi connectivity index (χ4n) is 1.58. The maximum absolute atomic E-state index is 12.4. The SMILES string of the molecule is COCCC(C)S(=O)(=O)c1cc(Cl)cc(C(=O)O)c1Cl. The Bertz CT molecular complexity index is 613. The number of halogens is 2. The number of sulfone groups is 1. The molecule has 5 nitrogen and oxygen atoms in total. The van der Waals surface area contributed by atoms with Gasteiger partial charge >= 0.3 is 5.97 Å². The molecule has 1 N–H and O–H groups in total. The van der Waals surface area contributed by atoms with Gasteiger partial charge in [0.1, 0.15) is 0 Å². The third-order valence-corrected chi connectivity index (χ3v) is 5.77. The highest BCUT2D eigenvalue weighted by atomic mass is 35.5. The predicted octanol–water partition coefficient (Wildman–Crippen LogP) is 2.89. The van der Waals surface area contributed by atoms with Gasteiger partial charge in [0.05, 0.1) is 20.7 Å². The van der Waals surface area contributed by atoms with Crippen molar-refractivity contribution < 1.29 is 23.1 Å². The zero-order valence-corrected chi connectivity index (χ0v) is 13.2. The van der Waals surface area contributed by atoms with Crippen LogP contribution in [0, 0.1) is 0 Å². The average Bonchev–Trinajstić information content (AvgIpc) is 2.37. The lowest BCUT2D eigenvalue weighted by Crippen LogP contribution is -2.20. The van der Waals surface area contributed by atoms with Crippen LogP contribution in [0.1, 0.15) is 23.7 Å². The minimum atomic E-state index is -3.78. The molecule has 20 heavy (non-hydrogen) atoms. The van der Waals surface area contributed by atoms with Crippen LogP contribution < -0.4 is 0 Å². The van der Waals surface area contributed by atoms with Crippen molar-refractivity contribution in [2.24, 2.45) is 0 Å². The molecule has 1 aromatic rings. The van der Waals surface area contributed by atoms with Gasteiger partial charge in [-0.05, 0) is 25.5 Å². The molecule has 0 amide bonds. The third-order valence-electron chi connectivity index (χ3n) is 2.80. The average molecular weight is 341 g/mol. The number of carboxylic acid groups (broad SMARTS) is 1. The zero-order chi connectivity index (χ0) is 15.5. The molecular formula is C12H14Cl2O5S. The maximum atomic E-state index is 12.4. The first-order chi connectivity index (χ1) is 9.21. The van der Waals surface area contributed by atoms with Crippen LogP contribution in [-0.2, 0) is 14.6 Å². The van der Waals surface area contributed by atoms with Gasteiger partial charge in [0.25, 0.3) is 0 Å². The zero-order valence-electron chi connectivity index (χ0n) is 10.9. The van der Waals surface area contributed by atoms with Gasteiger partial charge < -0.3 is 9.84 Å². The van der Waals surface area contributed by atoms with Crippen molar-refractivity contribution in [2.45, 2.75) is 23.5 Å². The Morgan fingerprint density at radius 3 is 2.50 bits per heavy atom. The van der Waals surface area contributed by atoms with Crippen molar-refractivity contribution >= 4 is 39.0 Å². The minimum Gasteiger partial charge on any atom is -0.478 e. The summed E-state index contributed by atoms with van der Waals surface area (Å²) in [5.41, 5.74) is -0.336. The van der Waals surface area contributed by atoms with E-state index in [-0.39, 0.29) is 33.5 Å². The maximum Gasteiger partial charge on any atom is 0.337 e. The van der Waals surface area contributed by atoms with Crippen molar-refractivity contribution in [3.8, 4) is 0 Å². The number of ether oxygens (including phenoxy) is 1. The largest absolute Gasteiger partial charge is 0.478 e. The van der Waals surface area contributed by atoms with Gasteiger partial charge in [-0.15, -0.1) is 0 Å². The lowest BCUT2D eigenvalue weighted by atomic mass is 10.2. The third kappa shape index (κ3) is 3.63. The fourth-order valence-corrected chi connectivity index (χ4v) is 3.87. The number of methoxy groups -OCH3 is 1. The van der Waals surface area contributed by atoms with Crippen LogP contribution in [0.4, 0.5) is 0 Å². The van der Waals surface area contributed by atoms with Gasteiger partial charge in [-0.25, -0.2) is 13.2 Å². The van der Waals surface area contributed by atoms with E-state index in [1.54, 1.807) is 0 Å². The highest BCUT2D eigenvalue weighted by molar-refractivity contribution is 7.92. The number of rotatable bonds is 6. The number of benzene rings is 1. The molecule has 0 heterocycles. The Kier molecular flexibility index (Phi) is 5.82. The molecule has 1 aromatic carbocycles. The van der Waals surface area contributed by atoms with Crippen molar-refractivity contribution in [3.05, 3.63) is 27.7 Å². The highest BCUT2D eigenvalue weighted by Crippen LogP contribution is 2.32. The molecule has 0 aliphatic heterocycles. The summed E-state index contributed by atoms with van der Waals surface area (Å²) >= 11 is 11.7. The second-order valence-electron chi connectivity index (χ2n) is 4.21. The monoisotopic (exact) mass is 340 g/mol. The van der Waals surface area contributed by atoms with E-state index in [4.69, 9.17) is 33.0 Å². The molecule has 1 atom stereocenters. The number of hydrogen-bond acceptors (Lipinski definition) is 4. The molecular weight excluding hydrogens is 327 g/mol. The van der Waals surface area contributed by atoms with Crippen LogP contribution in [0.25, 0.3) is 0 Å². The molecule has 0 saturated carbocycles. The molecule has 1 rings (SSSR count). The lowest BCUT2D eigenvalue weighted by Gasteiger charge is -2.15. The topological polar surface area (TPSA) is 80.7 Å². The van der Waals surface area contributed by atoms with Crippen LogP contribution in [0.2, 0.25) is 10.0 Å². The molecule has 0 fully saturated rings. The van der Waals surface area contributed by atoms with Gasteiger partial charge in [-0.3, -0.25) is 0 Å². The Labute approximate surface area is 127 Å². The van der Waals surface area contributed by atoms with E-state index in [1.807, 2.05) is 0 Å². The van der Waals surface area contributed by atoms with Crippen LogP contribution in [0.3, 0.4) is 0 Å². The van der Waals surface area contributed by atoms with E-state index in [0.717, 1.165) is 12.1 Å². The van der Waals surface area contributed by atoms with E-state index in [0.29, 0.717) is 0 Å². The van der Waals surface area contributed by atoms with Crippen LogP contribution in [0.5, 0.6) is 0 Å². The lowest BCUT2D eigenvalue weighted by molar-refractivity contribution is 0.0697. The van der Waals surface area contributed by atoms with E-state index in [9.17, 15) is 13.2 Å². The molecule has 0 bridgehead atoms. The van der Waals surface area contributed by atoms with E-state index in [2.05, 4.69) is 0 Å². The van der Waals surface area contributed by atoms with Gasteiger partial charge in [0.15, 0.2) is 9.84 Å². The molecule has 1 unspecified atom stereocenters. The Morgan fingerprint density at radius 1 is 1.40 bits per heavy atom. The quantitative estimate of drug-likeness (QED) is 0.860. The molecule has 8 heteroatoms. The first-order valence-corrected chi connectivity index (χ1v) is 7.97. The van der Waals surface area contributed by atoms with Crippen molar-refractivity contribution in [2.75, 3.05) is 13.7 Å². The standard InChI is InChI=1S/C12H14Cl2O5S/c1-7(3-4-19-2)20(17,18)10-6-8(13)5-9(11(10)14)12(15)16/h5-7H,3-4H2,1-2H3,(H,15,16). The minimum absolute atomic E-state index is 0.00400.